The third-order valence-corrected chi connectivity index (χ3v) is 1.64. The highest BCUT2D eigenvalue weighted by Crippen LogP contribution is 1.95. The van der Waals surface area contributed by atoms with Crippen LogP contribution in [0.2, 0.25) is 0 Å². The number of rotatable bonds is 1. The molecule has 1 N–H and O–H groups in total. The van der Waals surface area contributed by atoms with E-state index in [1.165, 1.54) is 0 Å². The highest BCUT2D eigenvalue weighted by molar-refractivity contribution is 5.85. The Morgan fingerprint density at radius 1 is 1.50 bits per heavy atom. The van der Waals surface area contributed by atoms with Gasteiger partial charge in [-0.25, -0.2) is 4.79 Å². The maximum Gasteiger partial charge on any atom is 0.409 e. The standard InChI is InChI=1S/C7H14N2O2.ClH/c1-2-11-7(10)9-5-3-8-4-6-9;/h8H,2-6H2,1H3;1H. The molecule has 0 aliphatic carbocycles. The number of nitrogens with one attached hydrogen (secondary N) is 1. The minimum atomic E-state index is -0.186. The molecule has 0 aromatic carbocycles. The zero-order valence-electron chi connectivity index (χ0n) is 7.21. The Labute approximate surface area is 78.7 Å². The molecule has 5 heteroatoms. The molecule has 1 rings (SSSR count). The summed E-state index contributed by atoms with van der Waals surface area (Å²) >= 11 is 0. The first-order valence-electron chi connectivity index (χ1n) is 3.97. The Hall–Kier alpha value is -0.480. The Morgan fingerprint density at radius 2 is 2.08 bits per heavy atom. The van der Waals surface area contributed by atoms with E-state index in [4.69, 9.17) is 4.74 Å². The molecular weight excluding hydrogens is 180 g/mol. The van der Waals surface area contributed by atoms with Crippen LogP contribution in [0.5, 0.6) is 0 Å². The number of carbonyl (C=O) groups is 1. The van der Waals surface area contributed by atoms with Crippen LogP contribution in [0.3, 0.4) is 0 Å². The second-order valence-corrected chi connectivity index (χ2v) is 2.44. The predicted molar refractivity (Wildman–Crippen MR) is 48.7 cm³/mol. The molecule has 0 aromatic heterocycles. The van der Waals surface area contributed by atoms with E-state index in [-0.39, 0.29) is 18.5 Å². The van der Waals surface area contributed by atoms with Gasteiger partial charge in [-0.15, -0.1) is 12.4 Å². The lowest BCUT2D eigenvalue weighted by atomic mass is 10.4. The van der Waals surface area contributed by atoms with Gasteiger partial charge in [0.15, 0.2) is 0 Å². The van der Waals surface area contributed by atoms with Crippen LogP contribution in [0.4, 0.5) is 4.79 Å². The van der Waals surface area contributed by atoms with E-state index in [2.05, 4.69) is 5.32 Å². The zero-order chi connectivity index (χ0) is 8.10. The number of ether oxygens (including phenoxy) is 1. The molecule has 0 bridgehead atoms. The average molecular weight is 195 g/mol. The van der Waals surface area contributed by atoms with Gasteiger partial charge in [0, 0.05) is 26.2 Å². The minimum Gasteiger partial charge on any atom is -0.450 e. The van der Waals surface area contributed by atoms with Crippen molar-refractivity contribution in [2.45, 2.75) is 6.92 Å². The third-order valence-electron chi connectivity index (χ3n) is 1.64. The van der Waals surface area contributed by atoms with E-state index in [1.54, 1.807) is 4.90 Å². The van der Waals surface area contributed by atoms with Crippen LogP contribution in [0, 0.1) is 0 Å². The Bertz CT molecular complexity index is 137. The largest absolute Gasteiger partial charge is 0.450 e. The van der Waals surface area contributed by atoms with Gasteiger partial charge in [-0.2, -0.15) is 0 Å². The van der Waals surface area contributed by atoms with Crippen molar-refractivity contribution in [3.8, 4) is 0 Å². The molecule has 1 aliphatic heterocycles. The van der Waals surface area contributed by atoms with Gasteiger partial charge in [0.05, 0.1) is 6.61 Å². The summed E-state index contributed by atoms with van der Waals surface area (Å²) in [6.45, 7) is 5.55. The fourth-order valence-corrected chi connectivity index (χ4v) is 1.06. The van der Waals surface area contributed by atoms with Crippen molar-refractivity contribution in [2.24, 2.45) is 0 Å². The maximum absolute atomic E-state index is 11.1. The average Bonchev–Trinajstić information content (AvgIpc) is 2.07. The Balaban J connectivity index is 0.00000121. The zero-order valence-corrected chi connectivity index (χ0v) is 8.02. The number of hydrogen-bond acceptors (Lipinski definition) is 3. The van der Waals surface area contributed by atoms with Crippen LogP contribution in [-0.4, -0.2) is 43.8 Å². The van der Waals surface area contributed by atoms with Gasteiger partial charge >= 0.3 is 6.09 Å². The molecule has 1 heterocycles. The van der Waals surface area contributed by atoms with Crippen molar-refractivity contribution in [3.63, 3.8) is 0 Å². The van der Waals surface area contributed by atoms with Gasteiger partial charge in [-0.3, -0.25) is 0 Å². The van der Waals surface area contributed by atoms with Gasteiger partial charge in [0.2, 0.25) is 0 Å². The monoisotopic (exact) mass is 194 g/mol. The first-order valence-corrected chi connectivity index (χ1v) is 3.97. The predicted octanol–water partition coefficient (Wildman–Crippen LogP) is 0.470. The topological polar surface area (TPSA) is 41.6 Å². The number of amides is 1. The molecule has 0 spiro atoms. The second kappa shape index (κ2) is 6.08. The summed E-state index contributed by atoms with van der Waals surface area (Å²) < 4.78 is 4.84. The molecular formula is C7H15ClN2O2. The van der Waals surface area contributed by atoms with Crippen molar-refractivity contribution in [2.75, 3.05) is 32.8 Å². The van der Waals surface area contributed by atoms with E-state index < -0.39 is 0 Å². The van der Waals surface area contributed by atoms with Crippen molar-refractivity contribution < 1.29 is 9.53 Å². The molecule has 0 atom stereocenters. The lowest BCUT2D eigenvalue weighted by molar-refractivity contribution is 0.102. The first-order chi connectivity index (χ1) is 5.34. The summed E-state index contributed by atoms with van der Waals surface area (Å²) in [6, 6.07) is 0. The molecule has 1 saturated heterocycles. The maximum atomic E-state index is 11.1. The Morgan fingerprint density at radius 3 is 2.58 bits per heavy atom. The highest BCUT2D eigenvalue weighted by Gasteiger charge is 2.15. The smallest absolute Gasteiger partial charge is 0.409 e. The molecule has 1 aliphatic rings. The fourth-order valence-electron chi connectivity index (χ4n) is 1.06. The third kappa shape index (κ3) is 3.28. The van der Waals surface area contributed by atoms with E-state index in [0.717, 1.165) is 26.2 Å². The van der Waals surface area contributed by atoms with Crippen LogP contribution >= 0.6 is 12.4 Å². The van der Waals surface area contributed by atoms with E-state index >= 15 is 0 Å². The summed E-state index contributed by atoms with van der Waals surface area (Å²) in [7, 11) is 0. The molecule has 72 valence electrons. The van der Waals surface area contributed by atoms with Gasteiger partial charge in [0.25, 0.3) is 0 Å². The lowest BCUT2D eigenvalue weighted by Crippen LogP contribution is -2.46. The molecule has 12 heavy (non-hydrogen) atoms. The molecule has 0 radical (unpaired) electrons. The van der Waals surface area contributed by atoms with Crippen molar-refractivity contribution in [3.05, 3.63) is 0 Å². The quantitative estimate of drug-likeness (QED) is 0.660. The minimum absolute atomic E-state index is 0. The lowest BCUT2D eigenvalue weighted by Gasteiger charge is -2.26. The number of nitrogens with zero attached hydrogens (tertiary/aromatic N) is 1. The van der Waals surface area contributed by atoms with Gasteiger partial charge in [-0.05, 0) is 6.92 Å². The number of carbonyl (C=O) groups excluding carboxylic acids is 1. The van der Waals surface area contributed by atoms with Crippen LogP contribution < -0.4 is 5.32 Å². The summed E-state index contributed by atoms with van der Waals surface area (Å²) in [5.41, 5.74) is 0. The van der Waals surface area contributed by atoms with Gasteiger partial charge < -0.3 is 15.0 Å². The molecule has 0 unspecified atom stereocenters. The fraction of sp³-hybridized carbons (Fsp3) is 0.857. The first kappa shape index (κ1) is 11.5. The van der Waals surface area contributed by atoms with Crippen molar-refractivity contribution >= 4 is 18.5 Å². The SMILES string of the molecule is CCOC(=O)N1CCNCC1.Cl. The van der Waals surface area contributed by atoms with E-state index in [0.29, 0.717) is 6.61 Å². The summed E-state index contributed by atoms with van der Waals surface area (Å²) in [5, 5.41) is 3.16. The summed E-state index contributed by atoms with van der Waals surface area (Å²) in [6.07, 6.45) is -0.186. The van der Waals surface area contributed by atoms with E-state index in [9.17, 15) is 4.79 Å². The van der Waals surface area contributed by atoms with E-state index in [1.807, 2.05) is 6.92 Å². The Kier molecular flexibility index (Phi) is 5.84. The summed E-state index contributed by atoms with van der Waals surface area (Å²) in [4.78, 5) is 12.8. The highest BCUT2D eigenvalue weighted by atomic mass is 35.5. The number of piperazine rings is 1. The van der Waals surface area contributed by atoms with Crippen molar-refractivity contribution in [1.29, 1.82) is 0 Å². The van der Waals surface area contributed by atoms with Gasteiger partial charge in [-0.1, -0.05) is 0 Å². The van der Waals surface area contributed by atoms with Gasteiger partial charge in [0.1, 0.15) is 0 Å². The second-order valence-electron chi connectivity index (χ2n) is 2.44. The molecule has 0 saturated carbocycles. The van der Waals surface area contributed by atoms with Crippen LogP contribution in [0.25, 0.3) is 0 Å². The van der Waals surface area contributed by atoms with Crippen LogP contribution in [-0.2, 0) is 4.74 Å². The van der Waals surface area contributed by atoms with Crippen LogP contribution in [0.15, 0.2) is 0 Å². The molecule has 0 aromatic rings. The summed E-state index contributed by atoms with van der Waals surface area (Å²) in [5.74, 6) is 0. The van der Waals surface area contributed by atoms with Crippen LogP contribution in [0.1, 0.15) is 6.92 Å². The van der Waals surface area contributed by atoms with Crippen molar-refractivity contribution in [1.82, 2.24) is 10.2 Å². The molecule has 1 amide bonds. The number of hydrogen-bond donors (Lipinski definition) is 1. The molecule has 1 fully saturated rings. The normalized spacial score (nSPS) is 16.6. The number of halogens is 1. The molecule has 4 nitrogen and oxygen atoms in total.